The molecule has 0 saturated carbocycles. The first-order valence-corrected chi connectivity index (χ1v) is 7.43. The van der Waals surface area contributed by atoms with Crippen LogP contribution in [0.2, 0.25) is 0 Å². The first-order valence-electron chi connectivity index (χ1n) is 5.95. The summed E-state index contributed by atoms with van der Waals surface area (Å²) in [5.74, 6) is -3.07. The quantitative estimate of drug-likeness (QED) is 0.699. The number of carbonyl (C=O) groups is 2. The fraction of sp³-hybridized carbons (Fsp3) is 0.333. The van der Waals surface area contributed by atoms with Crippen LogP contribution in [0.3, 0.4) is 0 Å². The van der Waals surface area contributed by atoms with E-state index in [0.717, 1.165) is 12.1 Å². The molecule has 0 saturated heterocycles. The van der Waals surface area contributed by atoms with Crippen molar-refractivity contribution in [1.82, 2.24) is 10.0 Å². The van der Waals surface area contributed by atoms with E-state index in [9.17, 15) is 22.4 Å². The van der Waals surface area contributed by atoms with Crippen molar-refractivity contribution in [2.75, 3.05) is 6.54 Å². The van der Waals surface area contributed by atoms with Gasteiger partial charge in [0.2, 0.25) is 15.9 Å². The highest BCUT2D eigenvalue weighted by Gasteiger charge is 2.22. The predicted molar refractivity (Wildman–Crippen MR) is 71.8 cm³/mol. The monoisotopic (exact) mass is 318 g/mol. The zero-order chi connectivity index (χ0) is 16.2. The second kappa shape index (κ2) is 6.64. The maximum Gasteiger partial charge on any atom is 0.335 e. The van der Waals surface area contributed by atoms with Gasteiger partial charge in [0, 0.05) is 6.04 Å². The zero-order valence-corrected chi connectivity index (χ0v) is 12.2. The summed E-state index contributed by atoms with van der Waals surface area (Å²) in [5, 5.41) is 11.2. The molecular weight excluding hydrogens is 303 g/mol. The Balaban J connectivity index is 2.95. The molecule has 0 aliphatic carbocycles. The Hall–Kier alpha value is -2.00. The van der Waals surface area contributed by atoms with Crippen molar-refractivity contribution in [3.63, 3.8) is 0 Å². The van der Waals surface area contributed by atoms with E-state index in [1.165, 1.54) is 0 Å². The van der Waals surface area contributed by atoms with E-state index in [1.54, 1.807) is 13.8 Å². The van der Waals surface area contributed by atoms with Gasteiger partial charge in [0.05, 0.1) is 12.1 Å². The molecule has 0 spiro atoms. The summed E-state index contributed by atoms with van der Waals surface area (Å²) in [6.07, 6.45) is 0. The molecule has 1 amide bonds. The lowest BCUT2D eigenvalue weighted by Crippen LogP contribution is -2.40. The van der Waals surface area contributed by atoms with E-state index in [-0.39, 0.29) is 11.6 Å². The highest BCUT2D eigenvalue weighted by Crippen LogP contribution is 2.16. The Morgan fingerprint density at radius 2 is 1.95 bits per heavy atom. The van der Waals surface area contributed by atoms with Crippen molar-refractivity contribution in [2.24, 2.45) is 0 Å². The molecule has 0 aliphatic rings. The van der Waals surface area contributed by atoms with Crippen LogP contribution in [-0.2, 0) is 14.8 Å². The summed E-state index contributed by atoms with van der Waals surface area (Å²) in [7, 11) is -4.33. The Labute approximate surface area is 121 Å². The lowest BCUT2D eigenvalue weighted by Gasteiger charge is -2.10. The third-order valence-electron chi connectivity index (χ3n) is 2.34. The van der Waals surface area contributed by atoms with Gasteiger partial charge >= 0.3 is 5.97 Å². The van der Waals surface area contributed by atoms with Gasteiger partial charge < -0.3 is 10.4 Å². The smallest absolute Gasteiger partial charge is 0.335 e. The number of aromatic carboxylic acids is 1. The summed E-state index contributed by atoms with van der Waals surface area (Å²) in [4.78, 5) is 21.3. The van der Waals surface area contributed by atoms with Crippen molar-refractivity contribution >= 4 is 21.9 Å². The number of hydrogen-bond donors (Lipinski definition) is 3. The van der Waals surface area contributed by atoms with Gasteiger partial charge in [0.25, 0.3) is 0 Å². The fourth-order valence-electron chi connectivity index (χ4n) is 1.45. The molecule has 0 radical (unpaired) electrons. The van der Waals surface area contributed by atoms with Crippen LogP contribution in [0.25, 0.3) is 0 Å². The molecule has 0 heterocycles. The normalized spacial score (nSPS) is 11.4. The first kappa shape index (κ1) is 17.1. The van der Waals surface area contributed by atoms with Gasteiger partial charge in [-0.15, -0.1) is 0 Å². The van der Waals surface area contributed by atoms with Crippen LogP contribution >= 0.6 is 0 Å². The van der Waals surface area contributed by atoms with Crippen LogP contribution in [-0.4, -0.2) is 38.0 Å². The number of halogens is 1. The summed E-state index contributed by atoms with van der Waals surface area (Å²) in [6.45, 7) is 2.82. The van der Waals surface area contributed by atoms with Gasteiger partial charge in [0.1, 0.15) is 10.7 Å². The zero-order valence-electron chi connectivity index (χ0n) is 11.4. The number of hydrogen-bond acceptors (Lipinski definition) is 4. The molecule has 0 aliphatic heterocycles. The van der Waals surface area contributed by atoms with Crippen molar-refractivity contribution in [3.05, 3.63) is 29.6 Å². The minimum Gasteiger partial charge on any atom is -0.478 e. The standard InChI is InChI=1S/C12H15FN2O5S/c1-7(2)15-11(16)6-14-21(19,20)10-5-8(12(17)18)3-4-9(10)13/h3-5,7,14H,6H2,1-2H3,(H,15,16)(H,17,18). The highest BCUT2D eigenvalue weighted by atomic mass is 32.2. The highest BCUT2D eigenvalue weighted by molar-refractivity contribution is 7.89. The van der Waals surface area contributed by atoms with Crippen LogP contribution in [0.1, 0.15) is 24.2 Å². The fourth-order valence-corrected chi connectivity index (χ4v) is 2.54. The van der Waals surface area contributed by atoms with E-state index in [2.05, 4.69) is 5.32 Å². The summed E-state index contributed by atoms with van der Waals surface area (Å²) in [6, 6.07) is 2.21. The Morgan fingerprint density at radius 3 is 2.48 bits per heavy atom. The number of carbonyl (C=O) groups excluding carboxylic acids is 1. The molecule has 1 rings (SSSR count). The molecule has 1 aromatic rings. The van der Waals surface area contributed by atoms with Crippen molar-refractivity contribution in [3.8, 4) is 0 Å². The van der Waals surface area contributed by atoms with E-state index in [0.29, 0.717) is 6.07 Å². The molecule has 9 heteroatoms. The lowest BCUT2D eigenvalue weighted by atomic mass is 10.2. The van der Waals surface area contributed by atoms with E-state index >= 15 is 0 Å². The number of nitrogens with one attached hydrogen (secondary N) is 2. The maximum atomic E-state index is 13.6. The second-order valence-corrected chi connectivity index (χ2v) is 6.23. The maximum absolute atomic E-state index is 13.6. The average Bonchev–Trinajstić information content (AvgIpc) is 2.35. The topological polar surface area (TPSA) is 113 Å². The number of carboxylic acids is 1. The summed E-state index contributed by atoms with van der Waals surface area (Å²) in [5.41, 5.74) is -0.372. The number of rotatable bonds is 6. The minimum absolute atomic E-state index is 0.172. The van der Waals surface area contributed by atoms with E-state index in [4.69, 9.17) is 5.11 Å². The van der Waals surface area contributed by atoms with Crippen LogP contribution in [0, 0.1) is 5.82 Å². The van der Waals surface area contributed by atoms with Crippen LogP contribution in [0.15, 0.2) is 23.1 Å². The average molecular weight is 318 g/mol. The van der Waals surface area contributed by atoms with Crippen LogP contribution in [0.5, 0.6) is 0 Å². The molecule has 0 unspecified atom stereocenters. The van der Waals surface area contributed by atoms with Gasteiger partial charge in [0.15, 0.2) is 0 Å². The summed E-state index contributed by atoms with van der Waals surface area (Å²) < 4.78 is 39.3. The molecule has 7 nitrogen and oxygen atoms in total. The number of sulfonamides is 1. The molecule has 0 aromatic heterocycles. The molecule has 21 heavy (non-hydrogen) atoms. The Bertz CT molecular complexity index is 658. The molecule has 116 valence electrons. The van der Waals surface area contributed by atoms with E-state index < -0.39 is 39.2 Å². The third kappa shape index (κ3) is 4.80. The second-order valence-electron chi connectivity index (χ2n) is 4.50. The molecular formula is C12H15FN2O5S. The Kier molecular flexibility index (Phi) is 5.39. The van der Waals surface area contributed by atoms with Crippen LogP contribution < -0.4 is 10.0 Å². The predicted octanol–water partition coefficient (Wildman–Crippen LogP) is 0.327. The molecule has 0 fully saturated rings. The van der Waals surface area contributed by atoms with Gasteiger partial charge in [-0.2, -0.15) is 0 Å². The molecule has 1 aromatic carbocycles. The van der Waals surface area contributed by atoms with Gasteiger partial charge in [-0.3, -0.25) is 4.79 Å². The Morgan fingerprint density at radius 1 is 1.33 bits per heavy atom. The molecule has 0 atom stereocenters. The van der Waals surface area contributed by atoms with Gasteiger partial charge in [-0.1, -0.05) is 0 Å². The SMILES string of the molecule is CC(C)NC(=O)CNS(=O)(=O)c1cc(C(=O)O)ccc1F. The minimum atomic E-state index is -4.33. The largest absolute Gasteiger partial charge is 0.478 e. The van der Waals surface area contributed by atoms with Gasteiger partial charge in [-0.05, 0) is 32.0 Å². The number of amides is 1. The number of benzene rings is 1. The van der Waals surface area contributed by atoms with Crippen molar-refractivity contribution < 1.29 is 27.5 Å². The lowest BCUT2D eigenvalue weighted by molar-refractivity contribution is -0.120. The number of carboxylic acid groups (broad SMARTS) is 1. The summed E-state index contributed by atoms with van der Waals surface area (Å²) >= 11 is 0. The first-order chi connectivity index (χ1) is 9.63. The van der Waals surface area contributed by atoms with Gasteiger partial charge in [-0.25, -0.2) is 22.3 Å². The van der Waals surface area contributed by atoms with E-state index in [1.807, 2.05) is 4.72 Å². The van der Waals surface area contributed by atoms with Crippen molar-refractivity contribution in [2.45, 2.75) is 24.8 Å². The van der Waals surface area contributed by atoms with Crippen LogP contribution in [0.4, 0.5) is 4.39 Å². The molecule has 0 bridgehead atoms. The third-order valence-corrected chi connectivity index (χ3v) is 3.76. The molecule has 3 N–H and O–H groups in total. The van der Waals surface area contributed by atoms with Crippen molar-refractivity contribution in [1.29, 1.82) is 0 Å².